The molecule has 0 fully saturated rings. The van der Waals surface area contributed by atoms with Crippen LogP contribution in [0, 0.1) is 29.8 Å². The van der Waals surface area contributed by atoms with Crippen molar-refractivity contribution in [2.75, 3.05) is 5.32 Å². The summed E-state index contributed by atoms with van der Waals surface area (Å²) in [6.45, 7) is 3.73. The molecule has 2 aromatic rings. The van der Waals surface area contributed by atoms with Crippen molar-refractivity contribution in [1.29, 1.82) is 0 Å². The van der Waals surface area contributed by atoms with Crippen molar-refractivity contribution < 1.29 is 14.1 Å². The average Bonchev–Trinajstić information content (AvgIpc) is 2.43. The average molecular weight is 288 g/mol. The highest BCUT2D eigenvalue weighted by atomic mass is 19.1. The Morgan fingerprint density at radius 2 is 1.95 bits per heavy atom. The van der Waals surface area contributed by atoms with E-state index in [2.05, 4.69) is 5.32 Å². The van der Waals surface area contributed by atoms with E-state index in [-0.39, 0.29) is 5.56 Å². The Morgan fingerprint density at radius 1 is 1.24 bits per heavy atom. The summed E-state index contributed by atoms with van der Waals surface area (Å²) in [5.74, 6) is -1.40. The number of aryl methyl sites for hydroxylation is 1. The number of nitrogens with one attached hydrogen (secondary N) is 1. The van der Waals surface area contributed by atoms with Gasteiger partial charge in [0.2, 0.25) is 0 Å². The van der Waals surface area contributed by atoms with Gasteiger partial charge in [-0.2, -0.15) is 0 Å². The van der Waals surface area contributed by atoms with Gasteiger partial charge in [-0.05, 0) is 43.2 Å². The Morgan fingerprint density at radius 3 is 2.62 bits per heavy atom. The van der Waals surface area contributed by atoms with E-state index in [0.29, 0.717) is 5.69 Å². The number of halogens is 1. The molecule has 0 bridgehead atoms. The van der Waals surface area contributed by atoms with Gasteiger partial charge in [0, 0.05) is 5.69 Å². The molecule has 0 heterocycles. The third-order valence-electron chi connectivity index (χ3n) is 3.25. The third kappa shape index (κ3) is 3.05. The lowest BCUT2D eigenvalue weighted by molar-refractivity contribution is -0.385. The maximum Gasteiger partial charge on any atom is 0.285 e. The molecule has 2 aromatic carbocycles. The molecule has 0 saturated heterocycles. The Balaban J connectivity index is 2.37. The third-order valence-corrected chi connectivity index (χ3v) is 3.25. The number of hydrogen-bond acceptors (Lipinski definition) is 3. The second-order valence-electron chi connectivity index (χ2n) is 4.62. The first-order chi connectivity index (χ1) is 9.90. The number of amides is 1. The molecule has 5 nitrogen and oxygen atoms in total. The van der Waals surface area contributed by atoms with Gasteiger partial charge in [-0.3, -0.25) is 14.9 Å². The number of nitro benzene ring substituents is 1. The fourth-order valence-corrected chi connectivity index (χ4v) is 1.92. The Bertz CT molecular complexity index is 729. The minimum absolute atomic E-state index is 0.178. The van der Waals surface area contributed by atoms with Gasteiger partial charge < -0.3 is 5.32 Å². The van der Waals surface area contributed by atoms with E-state index in [1.54, 1.807) is 12.1 Å². The van der Waals surface area contributed by atoms with Crippen LogP contribution in [0.4, 0.5) is 15.8 Å². The first-order valence-electron chi connectivity index (χ1n) is 6.21. The van der Waals surface area contributed by atoms with Gasteiger partial charge in [-0.25, -0.2) is 4.39 Å². The van der Waals surface area contributed by atoms with Crippen LogP contribution in [0.25, 0.3) is 0 Å². The van der Waals surface area contributed by atoms with E-state index in [1.165, 1.54) is 0 Å². The standard InChI is InChI=1S/C15H13FN2O3/c1-9-4-3-5-13(10(9)2)17-15(19)12-7-6-11(16)8-14(12)18(20)21/h3-8H,1-2H3,(H,17,19). The van der Waals surface area contributed by atoms with Crippen LogP contribution in [0.1, 0.15) is 21.5 Å². The van der Waals surface area contributed by atoms with Crippen LogP contribution in [-0.4, -0.2) is 10.8 Å². The van der Waals surface area contributed by atoms with E-state index < -0.39 is 22.3 Å². The van der Waals surface area contributed by atoms with Gasteiger partial charge in [0.1, 0.15) is 11.4 Å². The maximum atomic E-state index is 13.1. The minimum atomic E-state index is -0.777. The number of anilines is 1. The first-order valence-corrected chi connectivity index (χ1v) is 6.21. The van der Waals surface area contributed by atoms with Crippen molar-refractivity contribution in [3.05, 3.63) is 69.0 Å². The Labute approximate surface area is 120 Å². The summed E-state index contributed by atoms with van der Waals surface area (Å²) >= 11 is 0. The van der Waals surface area contributed by atoms with E-state index in [9.17, 15) is 19.3 Å². The second kappa shape index (κ2) is 5.70. The zero-order valence-electron chi connectivity index (χ0n) is 11.5. The number of rotatable bonds is 3. The smallest absolute Gasteiger partial charge is 0.285 e. The molecular formula is C15H13FN2O3. The number of nitro groups is 1. The van der Waals surface area contributed by atoms with Gasteiger partial charge in [0.05, 0.1) is 11.0 Å². The van der Waals surface area contributed by atoms with Crippen LogP contribution >= 0.6 is 0 Å². The molecule has 108 valence electrons. The first kappa shape index (κ1) is 14.6. The molecule has 21 heavy (non-hydrogen) atoms. The summed E-state index contributed by atoms with van der Waals surface area (Å²) in [6, 6.07) is 8.23. The minimum Gasteiger partial charge on any atom is -0.322 e. The predicted octanol–water partition coefficient (Wildman–Crippen LogP) is 3.60. The van der Waals surface area contributed by atoms with Crippen molar-refractivity contribution in [3.8, 4) is 0 Å². The summed E-state index contributed by atoms with van der Waals surface area (Å²) in [5, 5.41) is 13.5. The van der Waals surface area contributed by atoms with Crippen molar-refractivity contribution >= 4 is 17.3 Å². The van der Waals surface area contributed by atoms with Gasteiger partial charge in [-0.1, -0.05) is 12.1 Å². The molecule has 6 heteroatoms. The van der Waals surface area contributed by atoms with Crippen LogP contribution in [-0.2, 0) is 0 Å². The SMILES string of the molecule is Cc1cccc(NC(=O)c2ccc(F)cc2[N+](=O)[O-])c1C. The zero-order valence-corrected chi connectivity index (χ0v) is 11.5. The molecule has 0 aliphatic heterocycles. The molecule has 1 amide bonds. The van der Waals surface area contributed by atoms with Crippen molar-refractivity contribution in [2.45, 2.75) is 13.8 Å². The largest absolute Gasteiger partial charge is 0.322 e. The van der Waals surface area contributed by atoms with Crippen LogP contribution in [0.2, 0.25) is 0 Å². The number of benzene rings is 2. The zero-order chi connectivity index (χ0) is 15.6. The molecule has 0 saturated carbocycles. The summed E-state index contributed by atoms with van der Waals surface area (Å²) in [4.78, 5) is 22.3. The quantitative estimate of drug-likeness (QED) is 0.692. The monoisotopic (exact) mass is 288 g/mol. The summed E-state index contributed by atoms with van der Waals surface area (Å²) in [6.07, 6.45) is 0. The van der Waals surface area contributed by atoms with E-state index in [4.69, 9.17) is 0 Å². The second-order valence-corrected chi connectivity index (χ2v) is 4.62. The highest BCUT2D eigenvalue weighted by molar-refractivity contribution is 6.07. The molecule has 0 atom stereocenters. The number of carbonyl (C=O) groups excluding carboxylic acids is 1. The molecule has 0 radical (unpaired) electrons. The van der Waals surface area contributed by atoms with Crippen LogP contribution in [0.5, 0.6) is 0 Å². The highest BCUT2D eigenvalue weighted by Gasteiger charge is 2.21. The van der Waals surface area contributed by atoms with Crippen molar-refractivity contribution in [3.63, 3.8) is 0 Å². The summed E-state index contributed by atoms with van der Waals surface area (Å²) in [5.41, 5.74) is 1.69. The Hall–Kier alpha value is -2.76. The molecular weight excluding hydrogens is 275 g/mol. The topological polar surface area (TPSA) is 72.2 Å². The fourth-order valence-electron chi connectivity index (χ4n) is 1.92. The van der Waals surface area contributed by atoms with Crippen LogP contribution < -0.4 is 5.32 Å². The lowest BCUT2D eigenvalue weighted by Crippen LogP contribution is -2.15. The van der Waals surface area contributed by atoms with Crippen molar-refractivity contribution in [2.24, 2.45) is 0 Å². The van der Waals surface area contributed by atoms with Crippen molar-refractivity contribution in [1.82, 2.24) is 0 Å². The molecule has 2 rings (SSSR count). The molecule has 0 aliphatic rings. The molecule has 0 aromatic heterocycles. The lowest BCUT2D eigenvalue weighted by Gasteiger charge is -2.10. The van der Waals surface area contributed by atoms with Gasteiger partial charge >= 0.3 is 0 Å². The number of hydrogen-bond donors (Lipinski definition) is 1. The van der Waals surface area contributed by atoms with Gasteiger partial charge in [-0.15, -0.1) is 0 Å². The normalized spacial score (nSPS) is 10.2. The van der Waals surface area contributed by atoms with E-state index >= 15 is 0 Å². The van der Waals surface area contributed by atoms with Crippen LogP contribution in [0.3, 0.4) is 0 Å². The number of nitrogens with zero attached hydrogens (tertiary/aromatic N) is 1. The van der Waals surface area contributed by atoms with Crippen LogP contribution in [0.15, 0.2) is 36.4 Å². The Kier molecular flexibility index (Phi) is 3.98. The molecule has 1 N–H and O–H groups in total. The molecule has 0 unspecified atom stereocenters. The van der Waals surface area contributed by atoms with E-state index in [0.717, 1.165) is 29.3 Å². The highest BCUT2D eigenvalue weighted by Crippen LogP contribution is 2.23. The maximum absolute atomic E-state index is 13.1. The lowest BCUT2D eigenvalue weighted by atomic mass is 10.1. The fraction of sp³-hybridized carbons (Fsp3) is 0.133. The van der Waals surface area contributed by atoms with Gasteiger partial charge in [0.25, 0.3) is 11.6 Å². The predicted molar refractivity (Wildman–Crippen MR) is 76.9 cm³/mol. The van der Waals surface area contributed by atoms with Gasteiger partial charge in [0.15, 0.2) is 0 Å². The molecule has 0 spiro atoms. The number of carbonyl (C=O) groups is 1. The van der Waals surface area contributed by atoms with E-state index in [1.807, 2.05) is 19.9 Å². The summed E-state index contributed by atoms with van der Waals surface area (Å²) in [7, 11) is 0. The summed E-state index contributed by atoms with van der Waals surface area (Å²) < 4.78 is 13.1. The molecule has 0 aliphatic carbocycles.